The van der Waals surface area contributed by atoms with Crippen LogP contribution in [0.1, 0.15) is 24.8 Å². The lowest BCUT2D eigenvalue weighted by molar-refractivity contribution is -0.110. The summed E-state index contributed by atoms with van der Waals surface area (Å²) in [4.78, 5) is 22.1. The maximum Gasteiger partial charge on any atom is 0.280 e. The van der Waals surface area contributed by atoms with Crippen LogP contribution < -0.4 is 5.32 Å². The summed E-state index contributed by atoms with van der Waals surface area (Å²) in [6.45, 7) is 0.919. The van der Waals surface area contributed by atoms with Gasteiger partial charge >= 0.3 is 0 Å². The average molecular weight is 439 g/mol. The average Bonchev–Trinajstić information content (AvgIpc) is 3.31. The van der Waals surface area contributed by atoms with Crippen LogP contribution in [0.2, 0.25) is 0 Å². The SMILES string of the molecule is O=C(Nc1ncc(F)s1)C(=NOC1CCOC1)c1ccc(S(=O)(=O)C2CC2)cc1. The van der Waals surface area contributed by atoms with Crippen molar-refractivity contribution in [3.05, 3.63) is 41.2 Å². The summed E-state index contributed by atoms with van der Waals surface area (Å²) < 4.78 is 43.1. The number of thiazole rings is 1. The second kappa shape index (κ2) is 8.17. The Hall–Kier alpha value is -2.37. The molecule has 154 valence electrons. The van der Waals surface area contributed by atoms with E-state index in [2.05, 4.69) is 15.5 Å². The Balaban J connectivity index is 1.58. The second-order valence-electron chi connectivity index (χ2n) is 6.72. The van der Waals surface area contributed by atoms with Gasteiger partial charge in [0.2, 0.25) is 0 Å². The zero-order valence-corrected chi connectivity index (χ0v) is 16.8. The van der Waals surface area contributed by atoms with Crippen LogP contribution >= 0.6 is 11.3 Å². The van der Waals surface area contributed by atoms with Gasteiger partial charge in [-0.05, 0) is 25.0 Å². The fraction of sp³-hybridized carbons (Fsp3) is 0.389. The summed E-state index contributed by atoms with van der Waals surface area (Å²) >= 11 is 0.683. The Morgan fingerprint density at radius 1 is 1.28 bits per heavy atom. The number of amides is 1. The molecule has 1 saturated carbocycles. The third-order valence-electron chi connectivity index (χ3n) is 4.51. The van der Waals surface area contributed by atoms with Crippen LogP contribution in [0.5, 0.6) is 0 Å². The molecule has 2 heterocycles. The number of oxime groups is 1. The van der Waals surface area contributed by atoms with E-state index in [1.807, 2.05) is 0 Å². The Morgan fingerprint density at radius 3 is 2.62 bits per heavy atom. The first kappa shape index (κ1) is 19.9. The number of anilines is 1. The first-order chi connectivity index (χ1) is 13.9. The molecule has 2 aliphatic rings. The first-order valence-electron chi connectivity index (χ1n) is 9.02. The van der Waals surface area contributed by atoms with Crippen LogP contribution in [-0.4, -0.2) is 49.6 Å². The smallest absolute Gasteiger partial charge is 0.280 e. The van der Waals surface area contributed by atoms with Crippen LogP contribution in [0.25, 0.3) is 0 Å². The molecule has 2 aromatic rings. The molecule has 1 aromatic carbocycles. The van der Waals surface area contributed by atoms with E-state index < -0.39 is 20.9 Å². The molecule has 1 unspecified atom stereocenters. The summed E-state index contributed by atoms with van der Waals surface area (Å²) in [5.74, 6) is -0.643. The molecule has 0 radical (unpaired) electrons. The van der Waals surface area contributed by atoms with Crippen LogP contribution in [0.4, 0.5) is 9.52 Å². The molecule has 1 aromatic heterocycles. The van der Waals surface area contributed by atoms with Crippen molar-refractivity contribution in [1.82, 2.24) is 4.98 Å². The van der Waals surface area contributed by atoms with Gasteiger partial charge in [-0.15, -0.1) is 0 Å². The summed E-state index contributed by atoms with van der Waals surface area (Å²) in [6.07, 6.45) is 2.71. The van der Waals surface area contributed by atoms with Gasteiger partial charge in [0.1, 0.15) is 0 Å². The van der Waals surface area contributed by atoms with Crippen molar-refractivity contribution >= 4 is 37.9 Å². The van der Waals surface area contributed by atoms with Crippen molar-refractivity contribution < 1.29 is 27.2 Å². The minimum atomic E-state index is -3.34. The highest BCUT2D eigenvalue weighted by Gasteiger charge is 2.36. The van der Waals surface area contributed by atoms with E-state index in [1.165, 1.54) is 24.3 Å². The summed E-state index contributed by atoms with van der Waals surface area (Å²) in [7, 11) is -3.34. The Bertz CT molecular complexity index is 1030. The minimum Gasteiger partial charge on any atom is -0.389 e. The molecule has 1 aliphatic heterocycles. The highest BCUT2D eigenvalue weighted by Crippen LogP contribution is 2.33. The van der Waals surface area contributed by atoms with E-state index in [0.717, 1.165) is 6.20 Å². The number of nitrogens with one attached hydrogen (secondary N) is 1. The van der Waals surface area contributed by atoms with E-state index >= 15 is 0 Å². The second-order valence-corrected chi connectivity index (χ2v) is 9.93. The third-order valence-corrected chi connectivity index (χ3v) is 7.49. The molecule has 11 heteroatoms. The van der Waals surface area contributed by atoms with E-state index in [-0.39, 0.29) is 27.1 Å². The van der Waals surface area contributed by atoms with Gasteiger partial charge in [0.25, 0.3) is 5.91 Å². The van der Waals surface area contributed by atoms with Crippen LogP contribution in [0, 0.1) is 5.13 Å². The van der Waals surface area contributed by atoms with E-state index in [1.54, 1.807) is 0 Å². The molecule has 1 aliphatic carbocycles. The van der Waals surface area contributed by atoms with Crippen molar-refractivity contribution in [1.29, 1.82) is 0 Å². The zero-order chi connectivity index (χ0) is 20.4. The maximum absolute atomic E-state index is 13.2. The molecule has 8 nitrogen and oxygen atoms in total. The Morgan fingerprint density at radius 2 is 2.03 bits per heavy atom. The number of aromatic nitrogens is 1. The summed E-state index contributed by atoms with van der Waals surface area (Å²) in [6, 6.07) is 5.91. The van der Waals surface area contributed by atoms with Gasteiger partial charge in [-0.3, -0.25) is 10.1 Å². The van der Waals surface area contributed by atoms with E-state index in [4.69, 9.17) is 9.57 Å². The van der Waals surface area contributed by atoms with Crippen molar-refractivity contribution in [2.75, 3.05) is 18.5 Å². The molecule has 1 atom stereocenters. The van der Waals surface area contributed by atoms with Crippen molar-refractivity contribution in [3.63, 3.8) is 0 Å². The molecule has 4 rings (SSSR count). The van der Waals surface area contributed by atoms with Crippen molar-refractivity contribution in [3.8, 4) is 0 Å². The lowest BCUT2D eigenvalue weighted by atomic mass is 10.1. The minimum absolute atomic E-state index is 0.0668. The lowest BCUT2D eigenvalue weighted by Crippen LogP contribution is -2.25. The third kappa shape index (κ3) is 4.62. The molecular weight excluding hydrogens is 421 g/mol. The highest BCUT2D eigenvalue weighted by molar-refractivity contribution is 7.92. The van der Waals surface area contributed by atoms with Gasteiger partial charge < -0.3 is 9.57 Å². The van der Waals surface area contributed by atoms with E-state index in [0.29, 0.717) is 49.4 Å². The fourth-order valence-corrected chi connectivity index (χ4v) is 4.99. The van der Waals surface area contributed by atoms with Crippen molar-refractivity contribution in [2.45, 2.75) is 35.5 Å². The van der Waals surface area contributed by atoms with Gasteiger partial charge in [0.15, 0.2) is 31.9 Å². The molecular formula is C18H18FN3O5S2. The van der Waals surface area contributed by atoms with Gasteiger partial charge in [-0.2, -0.15) is 4.39 Å². The number of ether oxygens (including phenoxy) is 1. The standard InChI is InChI=1S/C18H18FN3O5S2/c19-15-9-20-18(28-15)21-17(23)16(22-27-12-7-8-26-10-12)11-1-3-13(4-2-11)29(24,25)14-5-6-14/h1-4,9,12,14H,5-8,10H2,(H,20,21,23). The number of benzene rings is 1. The fourth-order valence-electron chi connectivity index (χ4n) is 2.79. The number of halogens is 1. The summed E-state index contributed by atoms with van der Waals surface area (Å²) in [5.41, 5.74) is 0.302. The number of sulfone groups is 1. The number of carbonyl (C=O) groups is 1. The maximum atomic E-state index is 13.2. The normalized spacial score (nSPS) is 19.9. The molecule has 29 heavy (non-hydrogen) atoms. The molecule has 0 bridgehead atoms. The van der Waals surface area contributed by atoms with Gasteiger partial charge in [-0.1, -0.05) is 28.6 Å². The predicted octanol–water partition coefficient (Wildman–Crippen LogP) is 2.37. The monoisotopic (exact) mass is 439 g/mol. The Labute approximate surface area is 170 Å². The number of nitrogens with zero attached hydrogens (tertiary/aromatic N) is 2. The highest BCUT2D eigenvalue weighted by atomic mass is 32.2. The van der Waals surface area contributed by atoms with Crippen LogP contribution in [0.3, 0.4) is 0 Å². The molecule has 2 fully saturated rings. The van der Waals surface area contributed by atoms with Gasteiger partial charge in [0.05, 0.1) is 29.6 Å². The van der Waals surface area contributed by atoms with E-state index in [9.17, 15) is 17.6 Å². The zero-order valence-electron chi connectivity index (χ0n) is 15.2. The number of rotatable bonds is 7. The molecule has 1 N–H and O–H groups in total. The quantitative estimate of drug-likeness (QED) is 0.524. The van der Waals surface area contributed by atoms with Crippen LogP contribution in [0.15, 0.2) is 40.5 Å². The lowest BCUT2D eigenvalue weighted by Gasteiger charge is -2.10. The number of hydrogen-bond acceptors (Lipinski definition) is 8. The Kier molecular flexibility index (Phi) is 5.61. The van der Waals surface area contributed by atoms with Crippen LogP contribution in [-0.2, 0) is 24.2 Å². The van der Waals surface area contributed by atoms with Crippen molar-refractivity contribution in [2.24, 2.45) is 5.16 Å². The predicted molar refractivity (Wildman–Crippen MR) is 104 cm³/mol. The largest absolute Gasteiger partial charge is 0.389 e. The van der Waals surface area contributed by atoms with Gasteiger partial charge in [-0.25, -0.2) is 13.4 Å². The first-order valence-corrected chi connectivity index (χ1v) is 11.4. The summed E-state index contributed by atoms with van der Waals surface area (Å²) in [5, 5.41) is 5.68. The number of hydrogen-bond donors (Lipinski definition) is 1. The number of carbonyl (C=O) groups excluding carboxylic acids is 1. The molecule has 0 spiro atoms. The van der Waals surface area contributed by atoms with Gasteiger partial charge in [0, 0.05) is 12.0 Å². The topological polar surface area (TPSA) is 107 Å². The molecule has 1 amide bonds. The molecule has 1 saturated heterocycles.